The van der Waals surface area contributed by atoms with Gasteiger partial charge < -0.3 is 4.57 Å². The lowest BCUT2D eigenvalue weighted by Gasteiger charge is -2.08. The first-order chi connectivity index (χ1) is 12.7. The molecule has 0 saturated heterocycles. The molecule has 0 aliphatic heterocycles. The maximum Gasteiger partial charge on any atom is 0.340 e. The Morgan fingerprint density at radius 3 is 2.65 bits per heavy atom. The van der Waals surface area contributed by atoms with E-state index in [0.717, 1.165) is 22.5 Å². The van der Waals surface area contributed by atoms with Crippen LogP contribution >= 0.6 is 0 Å². The third-order valence-electron chi connectivity index (χ3n) is 4.15. The van der Waals surface area contributed by atoms with Crippen molar-refractivity contribution >= 4 is 0 Å². The zero-order valence-corrected chi connectivity index (χ0v) is 14.2. The predicted molar refractivity (Wildman–Crippen MR) is 96.3 cm³/mol. The first-order valence-electron chi connectivity index (χ1n) is 8.24. The predicted octanol–water partition coefficient (Wildman–Crippen LogP) is 1.97. The number of rotatable bonds is 5. The summed E-state index contributed by atoms with van der Waals surface area (Å²) in [6, 6.07) is 8.02. The minimum Gasteiger partial charge on any atom is -0.330 e. The van der Waals surface area contributed by atoms with Crippen LogP contribution in [0, 0.1) is 6.92 Å². The fourth-order valence-corrected chi connectivity index (χ4v) is 2.81. The van der Waals surface area contributed by atoms with Gasteiger partial charge in [-0.15, -0.1) is 0 Å². The van der Waals surface area contributed by atoms with Crippen LogP contribution in [0.15, 0.2) is 53.8 Å². The second kappa shape index (κ2) is 6.75. The first-order valence-corrected chi connectivity index (χ1v) is 8.24. The number of hydrogen-bond acceptors (Lipinski definition) is 5. The third-order valence-corrected chi connectivity index (χ3v) is 4.15. The van der Waals surface area contributed by atoms with Gasteiger partial charge in [-0.3, -0.25) is 4.98 Å². The Morgan fingerprint density at radius 2 is 1.92 bits per heavy atom. The maximum atomic E-state index is 11.1. The Balaban J connectivity index is 1.56. The molecule has 0 saturated carbocycles. The standard InChI is InChI=1S/C18H17N7O/c1-12-4-2-3-5-14(12)16-20-10-13(11-21-16)17-19-7-9-25(17)8-6-15-22-18(26)24-23-15/h2-5,7,9-11H,6,8H2,1H3,(H2,22,23,24,26). The monoisotopic (exact) mass is 347 g/mol. The maximum absolute atomic E-state index is 11.1. The number of H-pyrrole nitrogens is 2. The fourth-order valence-electron chi connectivity index (χ4n) is 2.81. The normalized spacial score (nSPS) is 11.0. The molecule has 130 valence electrons. The zero-order valence-electron chi connectivity index (χ0n) is 14.2. The van der Waals surface area contributed by atoms with Gasteiger partial charge in [-0.2, -0.15) is 5.10 Å². The Labute approximate surface area is 149 Å². The fraction of sp³-hybridized carbons (Fsp3) is 0.167. The van der Waals surface area contributed by atoms with Gasteiger partial charge >= 0.3 is 5.69 Å². The molecule has 0 spiro atoms. The average molecular weight is 347 g/mol. The van der Waals surface area contributed by atoms with E-state index >= 15 is 0 Å². The summed E-state index contributed by atoms with van der Waals surface area (Å²) in [4.78, 5) is 27.2. The van der Waals surface area contributed by atoms with Crippen molar-refractivity contribution < 1.29 is 0 Å². The lowest BCUT2D eigenvalue weighted by molar-refractivity contribution is 0.678. The van der Waals surface area contributed by atoms with Gasteiger partial charge in [0.05, 0.1) is 5.56 Å². The third kappa shape index (κ3) is 3.16. The van der Waals surface area contributed by atoms with Gasteiger partial charge in [0, 0.05) is 43.3 Å². The summed E-state index contributed by atoms with van der Waals surface area (Å²) in [5, 5.41) is 6.28. The second-order valence-corrected chi connectivity index (χ2v) is 5.93. The lowest BCUT2D eigenvalue weighted by atomic mass is 10.1. The quantitative estimate of drug-likeness (QED) is 0.574. The summed E-state index contributed by atoms with van der Waals surface area (Å²) in [6.07, 6.45) is 7.77. The SMILES string of the molecule is Cc1ccccc1-c1ncc(-c2nccn2CCc2n[nH]c(=O)[nH]2)cn1. The van der Waals surface area contributed by atoms with Crippen molar-refractivity contribution in [1.29, 1.82) is 0 Å². The molecule has 26 heavy (non-hydrogen) atoms. The molecule has 8 nitrogen and oxygen atoms in total. The molecule has 8 heteroatoms. The highest BCUT2D eigenvalue weighted by Crippen LogP contribution is 2.21. The molecule has 0 unspecified atom stereocenters. The van der Waals surface area contributed by atoms with Crippen LogP contribution in [0.2, 0.25) is 0 Å². The molecular formula is C18H17N7O. The van der Waals surface area contributed by atoms with Crippen LogP contribution in [0.25, 0.3) is 22.8 Å². The first kappa shape index (κ1) is 15.9. The molecule has 0 amide bonds. The summed E-state index contributed by atoms with van der Waals surface area (Å²) in [5.41, 5.74) is 2.69. The van der Waals surface area contributed by atoms with E-state index in [1.807, 2.05) is 42.0 Å². The molecule has 2 N–H and O–H groups in total. The van der Waals surface area contributed by atoms with Crippen LogP contribution in [0.4, 0.5) is 0 Å². The molecule has 4 rings (SSSR count). The van der Waals surface area contributed by atoms with Crippen LogP contribution in [0.1, 0.15) is 11.4 Å². The second-order valence-electron chi connectivity index (χ2n) is 5.93. The van der Waals surface area contributed by atoms with Gasteiger partial charge in [0.15, 0.2) is 5.82 Å². The average Bonchev–Trinajstić information content (AvgIpc) is 3.29. The number of aromatic nitrogens is 7. The summed E-state index contributed by atoms with van der Waals surface area (Å²) in [7, 11) is 0. The number of nitrogens with one attached hydrogen (secondary N) is 2. The smallest absolute Gasteiger partial charge is 0.330 e. The lowest BCUT2D eigenvalue weighted by Crippen LogP contribution is -2.06. The van der Waals surface area contributed by atoms with Crippen LogP contribution in [-0.2, 0) is 13.0 Å². The van der Waals surface area contributed by atoms with E-state index in [9.17, 15) is 4.79 Å². The molecule has 0 fully saturated rings. The van der Waals surface area contributed by atoms with Crippen molar-refractivity contribution in [3.63, 3.8) is 0 Å². The van der Waals surface area contributed by atoms with Gasteiger partial charge in [-0.05, 0) is 12.5 Å². The van der Waals surface area contributed by atoms with Crippen LogP contribution in [0.3, 0.4) is 0 Å². The number of nitrogens with zero attached hydrogens (tertiary/aromatic N) is 5. The van der Waals surface area contributed by atoms with Crippen LogP contribution in [-0.4, -0.2) is 34.7 Å². The van der Waals surface area contributed by atoms with Crippen molar-refractivity contribution in [1.82, 2.24) is 34.7 Å². The highest BCUT2D eigenvalue weighted by molar-refractivity contribution is 5.61. The van der Waals surface area contributed by atoms with E-state index in [1.165, 1.54) is 0 Å². The highest BCUT2D eigenvalue weighted by atomic mass is 16.1. The molecule has 0 radical (unpaired) electrons. The van der Waals surface area contributed by atoms with Crippen molar-refractivity contribution in [2.75, 3.05) is 0 Å². The molecule has 0 bridgehead atoms. The summed E-state index contributed by atoms with van der Waals surface area (Å²) < 4.78 is 1.99. The van der Waals surface area contributed by atoms with E-state index in [2.05, 4.69) is 30.1 Å². The van der Waals surface area contributed by atoms with Crippen molar-refractivity contribution in [2.45, 2.75) is 19.9 Å². The minimum absolute atomic E-state index is 0.300. The molecule has 0 aliphatic rings. The van der Waals surface area contributed by atoms with E-state index in [4.69, 9.17) is 0 Å². The molecule has 3 heterocycles. The Morgan fingerprint density at radius 1 is 1.12 bits per heavy atom. The number of imidazole rings is 1. The number of aryl methyl sites for hydroxylation is 3. The Bertz CT molecular complexity index is 1080. The molecule has 0 atom stereocenters. The minimum atomic E-state index is -0.300. The van der Waals surface area contributed by atoms with E-state index in [0.29, 0.717) is 24.6 Å². The summed E-state index contributed by atoms with van der Waals surface area (Å²) >= 11 is 0. The zero-order chi connectivity index (χ0) is 17.9. The molecule has 3 aromatic heterocycles. The molecular weight excluding hydrogens is 330 g/mol. The van der Waals surface area contributed by atoms with Gasteiger partial charge in [0.1, 0.15) is 11.6 Å². The highest BCUT2D eigenvalue weighted by Gasteiger charge is 2.10. The van der Waals surface area contributed by atoms with Crippen LogP contribution in [0.5, 0.6) is 0 Å². The van der Waals surface area contributed by atoms with E-state index < -0.39 is 0 Å². The molecule has 4 aromatic rings. The van der Waals surface area contributed by atoms with Crippen molar-refractivity contribution in [3.8, 4) is 22.8 Å². The topological polar surface area (TPSA) is 105 Å². The Kier molecular flexibility index (Phi) is 4.14. The number of hydrogen-bond donors (Lipinski definition) is 2. The Hall–Kier alpha value is -3.55. The molecule has 1 aromatic carbocycles. The largest absolute Gasteiger partial charge is 0.340 e. The van der Waals surface area contributed by atoms with Gasteiger partial charge in [-0.25, -0.2) is 24.8 Å². The van der Waals surface area contributed by atoms with Crippen molar-refractivity contribution in [3.05, 3.63) is 70.9 Å². The number of benzene rings is 1. The van der Waals surface area contributed by atoms with Gasteiger partial charge in [-0.1, -0.05) is 24.3 Å². The van der Waals surface area contributed by atoms with Crippen molar-refractivity contribution in [2.24, 2.45) is 0 Å². The summed E-state index contributed by atoms with van der Waals surface area (Å²) in [5.74, 6) is 2.08. The number of aromatic amines is 2. The summed E-state index contributed by atoms with van der Waals surface area (Å²) in [6.45, 7) is 2.67. The van der Waals surface area contributed by atoms with E-state index in [1.54, 1.807) is 18.6 Å². The van der Waals surface area contributed by atoms with Gasteiger partial charge in [0.25, 0.3) is 0 Å². The van der Waals surface area contributed by atoms with E-state index in [-0.39, 0.29) is 5.69 Å². The van der Waals surface area contributed by atoms with Gasteiger partial charge in [0.2, 0.25) is 0 Å². The molecule has 0 aliphatic carbocycles. The van der Waals surface area contributed by atoms with Crippen LogP contribution < -0.4 is 5.69 Å².